The standard InChI is InChI=1S/C11H18N2O2S/c1-3-9-7-16-11(13-9)12-6-4-5-8(2)10(14)15/h7-8H,3-6H2,1-2H3,(H,12,13)(H,14,15). The van der Waals surface area contributed by atoms with E-state index >= 15 is 0 Å². The summed E-state index contributed by atoms with van der Waals surface area (Å²) in [5.74, 6) is -0.980. The molecule has 0 amide bonds. The van der Waals surface area contributed by atoms with Crippen LogP contribution in [0.1, 0.15) is 32.4 Å². The molecule has 0 fully saturated rings. The monoisotopic (exact) mass is 242 g/mol. The smallest absolute Gasteiger partial charge is 0.306 e. The topological polar surface area (TPSA) is 62.2 Å². The number of anilines is 1. The van der Waals surface area contributed by atoms with Gasteiger partial charge in [-0.2, -0.15) is 0 Å². The van der Waals surface area contributed by atoms with Crippen molar-refractivity contribution in [2.45, 2.75) is 33.1 Å². The van der Waals surface area contributed by atoms with E-state index in [2.05, 4.69) is 17.2 Å². The maximum atomic E-state index is 10.6. The number of aryl methyl sites for hydroxylation is 1. The Bertz CT molecular complexity index is 338. The zero-order valence-corrected chi connectivity index (χ0v) is 10.5. The van der Waals surface area contributed by atoms with Crippen LogP contribution in [0.4, 0.5) is 5.13 Å². The van der Waals surface area contributed by atoms with Crippen LogP contribution in [0.25, 0.3) is 0 Å². The Kier molecular flexibility index (Phi) is 5.25. The minimum absolute atomic E-state index is 0.260. The van der Waals surface area contributed by atoms with E-state index in [1.165, 1.54) is 0 Å². The molecule has 0 radical (unpaired) electrons. The quantitative estimate of drug-likeness (QED) is 0.721. The molecule has 0 saturated heterocycles. The van der Waals surface area contributed by atoms with Crippen LogP contribution in [0.2, 0.25) is 0 Å². The Labute approximate surface area is 99.7 Å². The van der Waals surface area contributed by atoms with Crippen LogP contribution in [0.5, 0.6) is 0 Å². The minimum Gasteiger partial charge on any atom is -0.481 e. The van der Waals surface area contributed by atoms with E-state index < -0.39 is 5.97 Å². The summed E-state index contributed by atoms with van der Waals surface area (Å²) in [7, 11) is 0. The van der Waals surface area contributed by atoms with Gasteiger partial charge < -0.3 is 10.4 Å². The molecule has 1 heterocycles. The molecule has 1 atom stereocenters. The molecule has 1 aromatic heterocycles. The van der Waals surface area contributed by atoms with E-state index in [4.69, 9.17) is 5.11 Å². The highest BCUT2D eigenvalue weighted by Crippen LogP contribution is 2.16. The van der Waals surface area contributed by atoms with Gasteiger partial charge in [0.1, 0.15) is 0 Å². The van der Waals surface area contributed by atoms with E-state index in [9.17, 15) is 4.79 Å². The fourth-order valence-electron chi connectivity index (χ4n) is 1.28. The summed E-state index contributed by atoms with van der Waals surface area (Å²) in [5.41, 5.74) is 1.10. The minimum atomic E-state index is -0.720. The van der Waals surface area contributed by atoms with E-state index in [-0.39, 0.29) is 5.92 Å². The van der Waals surface area contributed by atoms with Gasteiger partial charge in [0.15, 0.2) is 5.13 Å². The Morgan fingerprint density at radius 3 is 3.00 bits per heavy atom. The molecule has 0 aliphatic heterocycles. The number of rotatable bonds is 7. The van der Waals surface area contributed by atoms with Crippen LogP contribution in [0, 0.1) is 5.92 Å². The van der Waals surface area contributed by atoms with Crippen LogP contribution in [-0.2, 0) is 11.2 Å². The van der Waals surface area contributed by atoms with Crippen molar-refractivity contribution in [1.29, 1.82) is 0 Å². The van der Waals surface area contributed by atoms with Gasteiger partial charge in [-0.3, -0.25) is 4.79 Å². The van der Waals surface area contributed by atoms with Crippen molar-refractivity contribution in [3.8, 4) is 0 Å². The molecule has 0 spiro atoms. The first-order valence-electron chi connectivity index (χ1n) is 5.54. The molecule has 0 saturated carbocycles. The largest absolute Gasteiger partial charge is 0.481 e. The van der Waals surface area contributed by atoms with Gasteiger partial charge in [-0.15, -0.1) is 11.3 Å². The van der Waals surface area contributed by atoms with E-state index in [0.717, 1.165) is 30.2 Å². The molecule has 0 bridgehead atoms. The fraction of sp³-hybridized carbons (Fsp3) is 0.636. The molecular weight excluding hydrogens is 224 g/mol. The van der Waals surface area contributed by atoms with Crippen molar-refractivity contribution in [2.75, 3.05) is 11.9 Å². The molecule has 2 N–H and O–H groups in total. The lowest BCUT2D eigenvalue weighted by Gasteiger charge is -2.05. The molecule has 1 rings (SSSR count). The highest BCUT2D eigenvalue weighted by atomic mass is 32.1. The number of hydrogen-bond donors (Lipinski definition) is 2. The number of aliphatic carboxylic acids is 1. The van der Waals surface area contributed by atoms with E-state index in [0.29, 0.717) is 6.42 Å². The fourth-order valence-corrected chi connectivity index (χ4v) is 2.10. The molecule has 4 nitrogen and oxygen atoms in total. The molecule has 16 heavy (non-hydrogen) atoms. The summed E-state index contributed by atoms with van der Waals surface area (Å²) in [6.07, 6.45) is 2.51. The first kappa shape index (κ1) is 13.0. The van der Waals surface area contributed by atoms with Crippen LogP contribution in [-0.4, -0.2) is 22.6 Å². The first-order chi connectivity index (χ1) is 7.63. The van der Waals surface area contributed by atoms with Gasteiger partial charge in [-0.05, 0) is 19.3 Å². The number of nitrogens with one attached hydrogen (secondary N) is 1. The predicted octanol–water partition coefficient (Wildman–Crippen LogP) is 2.62. The normalized spacial score (nSPS) is 12.4. The lowest BCUT2D eigenvalue weighted by Crippen LogP contribution is -2.11. The average Bonchev–Trinajstić information content (AvgIpc) is 2.71. The van der Waals surface area contributed by atoms with Crippen molar-refractivity contribution in [2.24, 2.45) is 5.92 Å². The molecule has 5 heteroatoms. The second kappa shape index (κ2) is 6.48. The second-order valence-corrected chi connectivity index (χ2v) is 4.66. The maximum Gasteiger partial charge on any atom is 0.306 e. The highest BCUT2D eigenvalue weighted by molar-refractivity contribution is 7.13. The summed E-state index contributed by atoms with van der Waals surface area (Å²) in [5, 5.41) is 14.9. The molecule has 1 unspecified atom stereocenters. The number of nitrogens with zero attached hydrogens (tertiary/aromatic N) is 1. The molecular formula is C11H18N2O2S. The number of carbonyl (C=O) groups is 1. The third kappa shape index (κ3) is 4.18. The van der Waals surface area contributed by atoms with Crippen molar-refractivity contribution >= 4 is 22.4 Å². The zero-order valence-electron chi connectivity index (χ0n) is 9.69. The zero-order chi connectivity index (χ0) is 12.0. The molecule has 1 aromatic rings. The summed E-state index contributed by atoms with van der Waals surface area (Å²) < 4.78 is 0. The van der Waals surface area contributed by atoms with Gasteiger partial charge >= 0.3 is 5.97 Å². The number of carboxylic acid groups (broad SMARTS) is 1. The van der Waals surface area contributed by atoms with Crippen molar-refractivity contribution in [1.82, 2.24) is 4.98 Å². The summed E-state index contributed by atoms with van der Waals surface area (Å²) in [4.78, 5) is 14.9. The third-order valence-corrected chi connectivity index (χ3v) is 3.27. The summed E-state index contributed by atoms with van der Waals surface area (Å²) in [6, 6.07) is 0. The second-order valence-electron chi connectivity index (χ2n) is 3.81. The lowest BCUT2D eigenvalue weighted by atomic mass is 10.1. The first-order valence-corrected chi connectivity index (χ1v) is 6.42. The third-order valence-electron chi connectivity index (χ3n) is 2.43. The van der Waals surface area contributed by atoms with Crippen molar-refractivity contribution in [3.05, 3.63) is 11.1 Å². The Morgan fingerprint density at radius 1 is 1.69 bits per heavy atom. The SMILES string of the molecule is CCc1csc(NCCCC(C)C(=O)O)n1. The lowest BCUT2D eigenvalue weighted by molar-refractivity contribution is -0.141. The average molecular weight is 242 g/mol. The number of aromatic nitrogens is 1. The van der Waals surface area contributed by atoms with Gasteiger partial charge in [-0.25, -0.2) is 4.98 Å². The van der Waals surface area contributed by atoms with Gasteiger partial charge in [0.2, 0.25) is 0 Å². The van der Waals surface area contributed by atoms with Crippen LogP contribution < -0.4 is 5.32 Å². The van der Waals surface area contributed by atoms with Gasteiger partial charge in [0.25, 0.3) is 0 Å². The van der Waals surface area contributed by atoms with Crippen LogP contribution >= 0.6 is 11.3 Å². The Morgan fingerprint density at radius 2 is 2.44 bits per heavy atom. The van der Waals surface area contributed by atoms with Crippen molar-refractivity contribution < 1.29 is 9.90 Å². The van der Waals surface area contributed by atoms with E-state index in [1.54, 1.807) is 18.3 Å². The van der Waals surface area contributed by atoms with Gasteiger partial charge in [-0.1, -0.05) is 13.8 Å². The van der Waals surface area contributed by atoms with Crippen molar-refractivity contribution in [3.63, 3.8) is 0 Å². The molecule has 0 aliphatic carbocycles. The Balaban J connectivity index is 2.18. The van der Waals surface area contributed by atoms with Crippen LogP contribution in [0.15, 0.2) is 5.38 Å². The Hall–Kier alpha value is -1.10. The van der Waals surface area contributed by atoms with E-state index in [1.807, 2.05) is 5.38 Å². The van der Waals surface area contributed by atoms with Gasteiger partial charge in [0.05, 0.1) is 11.6 Å². The van der Waals surface area contributed by atoms with Crippen LogP contribution in [0.3, 0.4) is 0 Å². The maximum absolute atomic E-state index is 10.6. The molecule has 90 valence electrons. The van der Waals surface area contributed by atoms with Gasteiger partial charge in [0, 0.05) is 11.9 Å². The summed E-state index contributed by atoms with van der Waals surface area (Å²) in [6.45, 7) is 4.60. The molecule has 0 aliphatic rings. The number of carboxylic acids is 1. The number of thiazole rings is 1. The predicted molar refractivity (Wildman–Crippen MR) is 66.0 cm³/mol. The molecule has 0 aromatic carbocycles. The summed E-state index contributed by atoms with van der Waals surface area (Å²) >= 11 is 1.60. The highest BCUT2D eigenvalue weighted by Gasteiger charge is 2.09. The number of hydrogen-bond acceptors (Lipinski definition) is 4.